The van der Waals surface area contributed by atoms with Gasteiger partial charge in [-0.15, -0.1) is 0 Å². The molecule has 1 aliphatic heterocycles. The molecule has 1 spiro atoms. The highest BCUT2D eigenvalue weighted by molar-refractivity contribution is 5.95. The first kappa shape index (κ1) is 13.5. The molecule has 1 aliphatic carbocycles. The minimum Gasteiger partial charge on any atom is -0.381 e. The third-order valence-electron chi connectivity index (χ3n) is 4.79. The van der Waals surface area contributed by atoms with Crippen LogP contribution in [0.15, 0.2) is 43.0 Å². The van der Waals surface area contributed by atoms with E-state index in [0.29, 0.717) is 11.0 Å². The maximum atomic E-state index is 12.4. The van der Waals surface area contributed by atoms with Gasteiger partial charge in [-0.3, -0.25) is 4.79 Å². The molecule has 2 fully saturated rings. The fraction of sp³-hybridized carbons (Fsp3) is 0.412. The van der Waals surface area contributed by atoms with E-state index < -0.39 is 0 Å². The smallest absolute Gasteiger partial charge is 0.251 e. The Hall–Kier alpha value is -2.14. The topological polar surface area (TPSA) is 56.1 Å². The summed E-state index contributed by atoms with van der Waals surface area (Å²) < 4.78 is 7.37. The van der Waals surface area contributed by atoms with E-state index >= 15 is 0 Å². The summed E-state index contributed by atoms with van der Waals surface area (Å²) in [5.41, 5.74) is 1.98. The van der Waals surface area contributed by atoms with E-state index in [0.717, 1.165) is 38.2 Å². The third-order valence-corrected chi connectivity index (χ3v) is 4.79. The van der Waals surface area contributed by atoms with Crippen LogP contribution in [0.4, 0.5) is 0 Å². The molecule has 5 heteroatoms. The minimum atomic E-state index is 0.000676. The van der Waals surface area contributed by atoms with Crippen LogP contribution >= 0.6 is 0 Å². The Morgan fingerprint density at radius 2 is 2.32 bits per heavy atom. The summed E-state index contributed by atoms with van der Waals surface area (Å²) in [6.07, 6.45) is 8.54. The second-order valence-corrected chi connectivity index (χ2v) is 6.40. The SMILES string of the molecule is O=C(NC1CC2(CCOC2)C1)c1cccc(-n2ccnc2)c1. The highest BCUT2D eigenvalue weighted by Gasteiger charge is 2.47. The van der Waals surface area contributed by atoms with Crippen LogP contribution in [0.3, 0.4) is 0 Å². The third kappa shape index (κ3) is 2.41. The summed E-state index contributed by atoms with van der Waals surface area (Å²) in [6.45, 7) is 1.73. The minimum absolute atomic E-state index is 0.000676. The summed E-state index contributed by atoms with van der Waals surface area (Å²) in [5.74, 6) is 0.000676. The second kappa shape index (κ2) is 5.25. The number of carbonyl (C=O) groups excluding carboxylic acids is 1. The van der Waals surface area contributed by atoms with Crippen LogP contribution in [-0.4, -0.2) is 34.7 Å². The number of amides is 1. The zero-order valence-corrected chi connectivity index (χ0v) is 12.4. The molecule has 1 N–H and O–H groups in total. The number of imidazole rings is 1. The first-order valence-electron chi connectivity index (χ1n) is 7.71. The molecule has 5 nitrogen and oxygen atoms in total. The first-order chi connectivity index (χ1) is 10.7. The van der Waals surface area contributed by atoms with Crippen molar-refractivity contribution in [3.63, 3.8) is 0 Å². The number of nitrogens with one attached hydrogen (secondary N) is 1. The van der Waals surface area contributed by atoms with Crippen molar-refractivity contribution < 1.29 is 9.53 Å². The standard InChI is InChI=1S/C17H19N3O2/c21-16(19-14-9-17(10-14)4-7-22-11-17)13-2-1-3-15(8-13)20-6-5-18-12-20/h1-3,5-6,8,12,14H,4,7,9-11H2,(H,19,21). The number of rotatable bonds is 3. The number of benzene rings is 1. The lowest BCUT2D eigenvalue weighted by Crippen LogP contribution is -2.51. The zero-order valence-electron chi connectivity index (χ0n) is 12.4. The molecule has 0 atom stereocenters. The van der Waals surface area contributed by atoms with Gasteiger partial charge in [0, 0.05) is 36.3 Å². The maximum absolute atomic E-state index is 12.4. The van der Waals surface area contributed by atoms with Crippen molar-refractivity contribution in [2.24, 2.45) is 5.41 Å². The van der Waals surface area contributed by atoms with Gasteiger partial charge in [0.2, 0.25) is 0 Å². The van der Waals surface area contributed by atoms with Crippen LogP contribution in [0.1, 0.15) is 29.6 Å². The average molecular weight is 297 g/mol. The number of nitrogens with zero attached hydrogens (tertiary/aromatic N) is 2. The van der Waals surface area contributed by atoms with Gasteiger partial charge in [-0.05, 0) is 42.9 Å². The van der Waals surface area contributed by atoms with Crippen molar-refractivity contribution in [2.45, 2.75) is 25.3 Å². The number of aromatic nitrogens is 2. The van der Waals surface area contributed by atoms with Crippen LogP contribution < -0.4 is 5.32 Å². The van der Waals surface area contributed by atoms with E-state index in [1.165, 1.54) is 0 Å². The van der Waals surface area contributed by atoms with Crippen molar-refractivity contribution in [3.8, 4) is 5.69 Å². The lowest BCUT2D eigenvalue weighted by molar-refractivity contribution is 0.0530. The fourth-order valence-corrected chi connectivity index (χ4v) is 3.55. The summed E-state index contributed by atoms with van der Waals surface area (Å²) in [5, 5.41) is 3.14. The molecular formula is C17H19N3O2. The van der Waals surface area contributed by atoms with Gasteiger partial charge in [-0.25, -0.2) is 4.98 Å². The lowest BCUT2D eigenvalue weighted by Gasteiger charge is -2.44. The number of hydrogen-bond acceptors (Lipinski definition) is 3. The van der Waals surface area contributed by atoms with E-state index in [1.54, 1.807) is 12.5 Å². The quantitative estimate of drug-likeness (QED) is 0.944. The predicted molar refractivity (Wildman–Crippen MR) is 81.9 cm³/mol. The summed E-state index contributed by atoms with van der Waals surface area (Å²) in [4.78, 5) is 16.4. The molecule has 22 heavy (non-hydrogen) atoms. The van der Waals surface area contributed by atoms with E-state index in [9.17, 15) is 4.79 Å². The Bertz CT molecular complexity index is 667. The Morgan fingerprint density at radius 1 is 1.41 bits per heavy atom. The van der Waals surface area contributed by atoms with Gasteiger partial charge in [-0.1, -0.05) is 6.07 Å². The molecule has 0 radical (unpaired) electrons. The molecule has 1 saturated heterocycles. The van der Waals surface area contributed by atoms with Gasteiger partial charge in [-0.2, -0.15) is 0 Å². The highest BCUT2D eigenvalue weighted by atomic mass is 16.5. The average Bonchev–Trinajstić information content (AvgIpc) is 3.18. The second-order valence-electron chi connectivity index (χ2n) is 6.40. The maximum Gasteiger partial charge on any atom is 0.251 e. The van der Waals surface area contributed by atoms with E-state index in [4.69, 9.17) is 4.74 Å². The molecule has 1 aromatic heterocycles. The molecule has 0 unspecified atom stereocenters. The Labute approximate surface area is 129 Å². The van der Waals surface area contributed by atoms with E-state index in [-0.39, 0.29) is 11.9 Å². The molecule has 4 rings (SSSR count). The van der Waals surface area contributed by atoms with Crippen LogP contribution in [0.5, 0.6) is 0 Å². The summed E-state index contributed by atoms with van der Waals surface area (Å²) in [6, 6.07) is 7.89. The van der Waals surface area contributed by atoms with Gasteiger partial charge in [0.05, 0.1) is 12.9 Å². The van der Waals surface area contributed by atoms with E-state index in [2.05, 4.69) is 10.3 Å². The molecule has 0 bridgehead atoms. The number of hydrogen-bond donors (Lipinski definition) is 1. The molecule has 1 saturated carbocycles. The largest absolute Gasteiger partial charge is 0.381 e. The number of carbonyl (C=O) groups is 1. The molecule has 1 amide bonds. The summed E-state index contributed by atoms with van der Waals surface area (Å²) in [7, 11) is 0. The number of ether oxygens (including phenoxy) is 1. The van der Waals surface area contributed by atoms with Crippen molar-refractivity contribution in [3.05, 3.63) is 48.5 Å². The van der Waals surface area contributed by atoms with Gasteiger partial charge >= 0.3 is 0 Å². The van der Waals surface area contributed by atoms with Crippen LogP contribution in [-0.2, 0) is 4.74 Å². The van der Waals surface area contributed by atoms with Crippen molar-refractivity contribution >= 4 is 5.91 Å². The monoisotopic (exact) mass is 297 g/mol. The highest BCUT2D eigenvalue weighted by Crippen LogP contribution is 2.47. The molecule has 1 aromatic carbocycles. The van der Waals surface area contributed by atoms with Crippen LogP contribution in [0.2, 0.25) is 0 Å². The molecule has 2 aromatic rings. The fourth-order valence-electron chi connectivity index (χ4n) is 3.55. The van der Waals surface area contributed by atoms with Gasteiger partial charge in [0.15, 0.2) is 0 Å². The van der Waals surface area contributed by atoms with Gasteiger partial charge in [0.1, 0.15) is 0 Å². The Balaban J connectivity index is 1.42. The van der Waals surface area contributed by atoms with Crippen molar-refractivity contribution in [1.29, 1.82) is 0 Å². The molecular weight excluding hydrogens is 278 g/mol. The summed E-state index contributed by atoms with van der Waals surface area (Å²) >= 11 is 0. The Kier molecular flexibility index (Phi) is 3.22. The van der Waals surface area contributed by atoms with Crippen molar-refractivity contribution in [1.82, 2.24) is 14.9 Å². The van der Waals surface area contributed by atoms with Gasteiger partial charge in [0.25, 0.3) is 5.91 Å². The Morgan fingerprint density at radius 3 is 3.05 bits per heavy atom. The van der Waals surface area contributed by atoms with E-state index in [1.807, 2.05) is 35.0 Å². The first-order valence-corrected chi connectivity index (χ1v) is 7.71. The van der Waals surface area contributed by atoms with Crippen LogP contribution in [0, 0.1) is 5.41 Å². The lowest BCUT2D eigenvalue weighted by atomic mass is 9.65. The molecule has 2 heterocycles. The molecule has 114 valence electrons. The molecule has 2 aliphatic rings. The zero-order chi connectivity index (χ0) is 15.0. The van der Waals surface area contributed by atoms with Crippen LogP contribution in [0.25, 0.3) is 5.69 Å². The van der Waals surface area contributed by atoms with Crippen molar-refractivity contribution in [2.75, 3.05) is 13.2 Å². The predicted octanol–water partition coefficient (Wildman–Crippen LogP) is 2.17. The van der Waals surface area contributed by atoms with Gasteiger partial charge < -0.3 is 14.6 Å². The normalized spacial score (nSPS) is 26.8.